The molecule has 0 unspecified atom stereocenters. The fraction of sp³-hybridized carbons (Fsp3) is 0. The van der Waals surface area contributed by atoms with E-state index in [2.05, 4.69) is 31.1 Å². The molecule has 1 N–H and O–H groups in total. The van der Waals surface area contributed by atoms with E-state index in [1.54, 1.807) is 42.5 Å². The van der Waals surface area contributed by atoms with Gasteiger partial charge in [0.25, 0.3) is 5.91 Å². The average Bonchev–Trinajstić information content (AvgIpc) is 3.29. The quantitative estimate of drug-likeness (QED) is 0.529. The number of amides is 1. The summed E-state index contributed by atoms with van der Waals surface area (Å²) in [5.74, 6) is -0.228. The molecule has 28 heavy (non-hydrogen) atoms. The summed E-state index contributed by atoms with van der Waals surface area (Å²) in [4.78, 5) is 12.5. The summed E-state index contributed by atoms with van der Waals surface area (Å²) in [5, 5.41) is 22.2. The van der Waals surface area contributed by atoms with Gasteiger partial charge in [0.2, 0.25) is 0 Å². The van der Waals surface area contributed by atoms with Crippen LogP contribution in [0.1, 0.15) is 10.4 Å². The molecule has 0 spiro atoms. The molecule has 0 saturated heterocycles. The number of nitrogens with one attached hydrogen (secondary N) is 1. The number of anilines is 1. The average molecular weight is 369 g/mol. The van der Waals surface area contributed by atoms with Crippen LogP contribution in [-0.2, 0) is 0 Å². The molecule has 0 aliphatic carbocycles. The van der Waals surface area contributed by atoms with E-state index in [1.807, 2.05) is 36.4 Å². The minimum atomic E-state index is -0.228. The van der Waals surface area contributed by atoms with Gasteiger partial charge >= 0.3 is 0 Å². The zero-order valence-electron chi connectivity index (χ0n) is 14.7. The second-order valence-electron chi connectivity index (χ2n) is 5.84. The number of hydrogen-bond acceptors (Lipinski definition) is 6. The van der Waals surface area contributed by atoms with Gasteiger partial charge in [0.05, 0.1) is 17.1 Å². The molecule has 0 aliphatic heterocycles. The summed E-state index contributed by atoms with van der Waals surface area (Å²) in [7, 11) is 0. The lowest BCUT2D eigenvalue weighted by atomic mass is 10.2. The Labute approximate surface area is 160 Å². The van der Waals surface area contributed by atoms with Gasteiger partial charge in [0.1, 0.15) is 6.33 Å². The predicted octanol–water partition coefficient (Wildman–Crippen LogP) is 4.33. The van der Waals surface area contributed by atoms with Crippen LogP contribution in [0.3, 0.4) is 0 Å². The first-order chi connectivity index (χ1) is 13.8. The number of hydrogen-bond donors (Lipinski definition) is 1. The fourth-order valence-electron chi connectivity index (χ4n) is 2.49. The van der Waals surface area contributed by atoms with Crippen LogP contribution in [-0.4, -0.2) is 26.1 Å². The number of aromatic nitrogens is 4. The molecule has 0 aliphatic rings. The van der Waals surface area contributed by atoms with Gasteiger partial charge in [-0.2, -0.15) is 10.2 Å². The highest BCUT2D eigenvalue weighted by atomic mass is 16.1. The maximum Gasteiger partial charge on any atom is 0.255 e. The number of carbonyl (C=O) groups is 1. The van der Waals surface area contributed by atoms with Crippen LogP contribution < -0.4 is 5.32 Å². The van der Waals surface area contributed by atoms with E-state index in [9.17, 15) is 4.79 Å². The zero-order valence-corrected chi connectivity index (χ0v) is 14.7. The van der Waals surface area contributed by atoms with E-state index in [0.717, 1.165) is 5.69 Å². The van der Waals surface area contributed by atoms with Gasteiger partial charge in [0.15, 0.2) is 0 Å². The van der Waals surface area contributed by atoms with Crippen LogP contribution in [0.4, 0.5) is 17.1 Å². The van der Waals surface area contributed by atoms with Gasteiger partial charge in [-0.05, 0) is 65.0 Å². The Morgan fingerprint density at radius 2 is 1.61 bits per heavy atom. The third kappa shape index (κ3) is 4.13. The van der Waals surface area contributed by atoms with Crippen LogP contribution in [0.25, 0.3) is 5.69 Å². The molecule has 1 aromatic heterocycles. The molecule has 3 aromatic carbocycles. The third-order valence-electron chi connectivity index (χ3n) is 3.88. The van der Waals surface area contributed by atoms with E-state index < -0.39 is 0 Å². The molecule has 1 amide bonds. The minimum Gasteiger partial charge on any atom is -0.322 e. The summed E-state index contributed by atoms with van der Waals surface area (Å²) in [6.07, 6.45) is 1.47. The summed E-state index contributed by atoms with van der Waals surface area (Å²) in [6, 6.07) is 23.7. The lowest BCUT2D eigenvalue weighted by Gasteiger charge is -2.07. The summed E-state index contributed by atoms with van der Waals surface area (Å²) >= 11 is 0. The Balaban J connectivity index is 1.44. The highest BCUT2D eigenvalue weighted by Crippen LogP contribution is 2.20. The monoisotopic (exact) mass is 369 g/mol. The van der Waals surface area contributed by atoms with Gasteiger partial charge < -0.3 is 5.32 Å². The van der Waals surface area contributed by atoms with Crippen LogP contribution in [0, 0.1) is 0 Å². The number of nitrogens with zero attached hydrogens (tertiary/aromatic N) is 6. The number of tetrazole rings is 1. The normalized spacial score (nSPS) is 10.9. The molecule has 8 nitrogen and oxygen atoms in total. The molecule has 136 valence electrons. The van der Waals surface area contributed by atoms with Crippen molar-refractivity contribution >= 4 is 23.0 Å². The van der Waals surface area contributed by atoms with E-state index in [4.69, 9.17) is 0 Å². The molecule has 0 saturated carbocycles. The topological polar surface area (TPSA) is 97.4 Å². The maximum absolute atomic E-state index is 12.5. The number of rotatable bonds is 5. The second kappa shape index (κ2) is 8.00. The fourth-order valence-corrected chi connectivity index (χ4v) is 2.49. The standard InChI is InChI=1S/C20H15N7O/c28-20(15-5-4-8-19(13-15)27-14-21-25-26-27)22-16-9-11-18(12-10-16)24-23-17-6-2-1-3-7-17/h1-14H,(H,22,28). The molecule has 4 rings (SSSR count). The molecular weight excluding hydrogens is 354 g/mol. The van der Waals surface area contributed by atoms with E-state index in [-0.39, 0.29) is 5.91 Å². The van der Waals surface area contributed by atoms with E-state index in [1.165, 1.54) is 11.0 Å². The van der Waals surface area contributed by atoms with Gasteiger partial charge in [-0.3, -0.25) is 4.79 Å². The lowest BCUT2D eigenvalue weighted by molar-refractivity contribution is 0.102. The SMILES string of the molecule is O=C(Nc1ccc(N=Nc2ccccc2)cc1)c1cccc(-n2cnnn2)c1. The predicted molar refractivity (Wildman–Crippen MR) is 104 cm³/mol. The van der Waals surface area contributed by atoms with Crippen LogP contribution in [0.2, 0.25) is 0 Å². The molecule has 0 fully saturated rings. The van der Waals surface area contributed by atoms with E-state index >= 15 is 0 Å². The molecule has 0 atom stereocenters. The third-order valence-corrected chi connectivity index (χ3v) is 3.88. The lowest BCUT2D eigenvalue weighted by Crippen LogP contribution is -2.12. The van der Waals surface area contributed by atoms with Crippen molar-refractivity contribution in [2.24, 2.45) is 10.2 Å². The van der Waals surface area contributed by atoms with Crippen LogP contribution in [0.5, 0.6) is 0 Å². The Morgan fingerprint density at radius 3 is 2.32 bits per heavy atom. The van der Waals surface area contributed by atoms with Crippen molar-refractivity contribution < 1.29 is 4.79 Å². The Kier molecular flexibility index (Phi) is 4.92. The Hall–Kier alpha value is -4.20. The molecule has 4 aromatic rings. The summed E-state index contributed by atoms with van der Waals surface area (Å²) < 4.78 is 1.49. The van der Waals surface area contributed by atoms with Crippen LogP contribution in [0.15, 0.2) is 95.4 Å². The van der Waals surface area contributed by atoms with Crippen molar-refractivity contribution in [1.29, 1.82) is 0 Å². The van der Waals surface area contributed by atoms with Gasteiger partial charge in [-0.25, -0.2) is 4.68 Å². The van der Waals surface area contributed by atoms with Crippen molar-refractivity contribution in [2.75, 3.05) is 5.32 Å². The van der Waals surface area contributed by atoms with Gasteiger partial charge in [0, 0.05) is 11.3 Å². The number of azo groups is 1. The summed E-state index contributed by atoms with van der Waals surface area (Å²) in [5.41, 5.74) is 3.34. The largest absolute Gasteiger partial charge is 0.322 e. The maximum atomic E-state index is 12.5. The molecule has 8 heteroatoms. The van der Waals surface area contributed by atoms with Crippen molar-refractivity contribution in [3.05, 3.63) is 90.8 Å². The molecular formula is C20H15N7O. The molecule has 0 radical (unpaired) electrons. The van der Waals surface area contributed by atoms with Crippen molar-refractivity contribution in [3.63, 3.8) is 0 Å². The zero-order chi connectivity index (χ0) is 19.2. The van der Waals surface area contributed by atoms with Crippen LogP contribution >= 0.6 is 0 Å². The first-order valence-electron chi connectivity index (χ1n) is 8.49. The number of benzene rings is 3. The highest BCUT2D eigenvalue weighted by Gasteiger charge is 2.08. The Morgan fingerprint density at radius 1 is 0.857 bits per heavy atom. The van der Waals surface area contributed by atoms with Gasteiger partial charge in [-0.15, -0.1) is 5.10 Å². The highest BCUT2D eigenvalue weighted by molar-refractivity contribution is 6.04. The molecule has 1 heterocycles. The smallest absolute Gasteiger partial charge is 0.255 e. The van der Waals surface area contributed by atoms with Gasteiger partial charge in [-0.1, -0.05) is 24.3 Å². The van der Waals surface area contributed by atoms with Crippen molar-refractivity contribution in [2.45, 2.75) is 0 Å². The minimum absolute atomic E-state index is 0.228. The number of carbonyl (C=O) groups excluding carboxylic acids is 1. The first-order valence-corrected chi connectivity index (χ1v) is 8.49. The van der Waals surface area contributed by atoms with E-state index in [0.29, 0.717) is 22.6 Å². The first kappa shape index (κ1) is 17.2. The summed E-state index contributed by atoms with van der Waals surface area (Å²) in [6.45, 7) is 0. The second-order valence-corrected chi connectivity index (χ2v) is 5.84. The van der Waals surface area contributed by atoms with Crippen molar-refractivity contribution in [3.8, 4) is 5.69 Å². The van der Waals surface area contributed by atoms with Crippen molar-refractivity contribution in [1.82, 2.24) is 20.2 Å². The molecule has 0 bridgehead atoms. The Bertz CT molecular complexity index is 1090.